The molecule has 0 saturated heterocycles. The van der Waals surface area contributed by atoms with E-state index in [1.807, 2.05) is 48.7 Å². The highest BCUT2D eigenvalue weighted by Gasteiger charge is 2.30. The van der Waals surface area contributed by atoms with Crippen molar-refractivity contribution in [1.29, 1.82) is 0 Å². The number of carbonyl (C=O) groups is 2. The summed E-state index contributed by atoms with van der Waals surface area (Å²) in [5.41, 5.74) is 4.47. The van der Waals surface area contributed by atoms with E-state index in [-0.39, 0.29) is 23.6 Å². The first kappa shape index (κ1) is 21.9. The summed E-state index contributed by atoms with van der Waals surface area (Å²) < 4.78 is 1.40. The van der Waals surface area contributed by atoms with Crippen LogP contribution in [0, 0.1) is 6.92 Å². The number of hydrogen-bond donors (Lipinski definition) is 3. The summed E-state index contributed by atoms with van der Waals surface area (Å²) in [4.78, 5) is 26.0. The number of carbonyl (C=O) groups excluding carboxylic acids is 2. The Balaban J connectivity index is 1.39. The minimum Gasteiger partial charge on any atom is -0.507 e. The van der Waals surface area contributed by atoms with Crippen LogP contribution < -0.4 is 10.6 Å². The number of aromatic nitrogens is 2. The van der Waals surface area contributed by atoms with E-state index in [1.165, 1.54) is 22.1 Å². The highest BCUT2D eigenvalue weighted by atomic mass is 32.1. The van der Waals surface area contributed by atoms with E-state index < -0.39 is 0 Å². The maximum Gasteiger partial charge on any atom is 0.342 e. The molecular weight excluding hydrogens is 448 g/mol. The van der Waals surface area contributed by atoms with Gasteiger partial charge in [-0.2, -0.15) is 9.78 Å². The molecule has 2 aromatic heterocycles. The predicted molar refractivity (Wildman–Crippen MR) is 132 cm³/mol. The van der Waals surface area contributed by atoms with Gasteiger partial charge in [0.25, 0.3) is 5.91 Å². The Morgan fingerprint density at radius 2 is 1.91 bits per heavy atom. The number of nitrogens with one attached hydrogen (secondary N) is 2. The number of amides is 2. The van der Waals surface area contributed by atoms with E-state index in [4.69, 9.17) is 0 Å². The summed E-state index contributed by atoms with van der Waals surface area (Å²) in [6.45, 7) is 2.42. The van der Waals surface area contributed by atoms with Gasteiger partial charge in [-0.25, -0.2) is 4.79 Å². The van der Waals surface area contributed by atoms with Gasteiger partial charge in [-0.3, -0.25) is 4.79 Å². The fourth-order valence-corrected chi connectivity index (χ4v) is 4.36. The minimum atomic E-state index is -0.310. The van der Waals surface area contributed by atoms with Gasteiger partial charge in [-0.05, 0) is 61.0 Å². The van der Waals surface area contributed by atoms with Gasteiger partial charge in [0.15, 0.2) is 0 Å². The second kappa shape index (κ2) is 9.15. The number of anilines is 1. The molecule has 2 amide bonds. The summed E-state index contributed by atoms with van der Waals surface area (Å²) in [5, 5.41) is 22.7. The lowest BCUT2D eigenvalue weighted by molar-refractivity contribution is 0.103. The van der Waals surface area contributed by atoms with Crippen molar-refractivity contribution in [2.24, 2.45) is 0 Å². The quantitative estimate of drug-likeness (QED) is 0.322. The number of aromatic hydroxyl groups is 1. The maximum atomic E-state index is 13.0. The number of aryl methyl sites for hydroxylation is 1. The van der Waals surface area contributed by atoms with Crippen LogP contribution in [0.3, 0.4) is 0 Å². The number of hydrogen-bond acceptors (Lipinski definition) is 5. The van der Waals surface area contributed by atoms with E-state index in [1.54, 1.807) is 18.2 Å². The van der Waals surface area contributed by atoms with Crippen LogP contribution in [0.15, 0.2) is 66.0 Å². The van der Waals surface area contributed by atoms with E-state index in [0.717, 1.165) is 29.7 Å². The average Bonchev–Trinajstić information content (AvgIpc) is 3.34. The lowest BCUT2D eigenvalue weighted by Gasteiger charge is -2.08. The van der Waals surface area contributed by atoms with Gasteiger partial charge >= 0.3 is 6.03 Å². The molecule has 8 heteroatoms. The monoisotopic (exact) mass is 472 g/mol. The van der Waals surface area contributed by atoms with Crippen LogP contribution in [-0.4, -0.2) is 26.8 Å². The fourth-order valence-electron chi connectivity index (χ4n) is 3.74. The Bertz CT molecular complexity index is 1340. The van der Waals surface area contributed by atoms with Gasteiger partial charge in [0, 0.05) is 23.7 Å². The van der Waals surface area contributed by atoms with Gasteiger partial charge in [0.2, 0.25) is 0 Å². The zero-order chi connectivity index (χ0) is 23.7. The second-order valence-electron chi connectivity index (χ2n) is 8.45. The molecule has 0 unspecified atom stereocenters. The smallest absolute Gasteiger partial charge is 0.342 e. The van der Waals surface area contributed by atoms with E-state index in [2.05, 4.69) is 15.7 Å². The van der Waals surface area contributed by atoms with Crippen molar-refractivity contribution in [3.05, 3.63) is 87.7 Å². The summed E-state index contributed by atoms with van der Waals surface area (Å²) >= 11 is 1.35. The summed E-state index contributed by atoms with van der Waals surface area (Å²) in [5.74, 6) is 0.0859. The van der Waals surface area contributed by atoms with Crippen LogP contribution in [0.5, 0.6) is 5.75 Å². The predicted octanol–water partition coefficient (Wildman–Crippen LogP) is 5.51. The number of rotatable bonds is 6. The molecule has 5 rings (SSSR count). The third kappa shape index (κ3) is 4.72. The first-order valence-corrected chi connectivity index (χ1v) is 12.0. The van der Waals surface area contributed by atoms with Crippen LogP contribution in [-0.2, 0) is 6.54 Å². The molecule has 0 aliphatic heterocycles. The second-order valence-corrected chi connectivity index (χ2v) is 9.40. The summed E-state index contributed by atoms with van der Waals surface area (Å²) in [6.07, 6.45) is 2.00. The molecule has 2 aromatic carbocycles. The first-order valence-electron chi connectivity index (χ1n) is 11.1. The molecule has 1 aliphatic carbocycles. The highest BCUT2D eigenvalue weighted by Crippen LogP contribution is 2.42. The molecule has 172 valence electrons. The van der Waals surface area contributed by atoms with Crippen molar-refractivity contribution in [3.63, 3.8) is 0 Å². The molecule has 4 aromatic rings. The molecule has 3 N–H and O–H groups in total. The van der Waals surface area contributed by atoms with Gasteiger partial charge in [0.1, 0.15) is 5.75 Å². The first-order chi connectivity index (χ1) is 16.5. The molecule has 2 heterocycles. The molecule has 34 heavy (non-hydrogen) atoms. The maximum absolute atomic E-state index is 13.0. The van der Waals surface area contributed by atoms with Crippen molar-refractivity contribution in [2.45, 2.75) is 32.2 Å². The zero-order valence-electron chi connectivity index (χ0n) is 18.6. The SMILES string of the molecule is Cc1ccc(CNC(=O)n2nc(-c3cc(NC(=O)c4cccs4)ccc3O)cc2C2CC2)cc1. The Morgan fingerprint density at radius 1 is 1.12 bits per heavy atom. The van der Waals surface area contributed by atoms with Crippen LogP contribution in [0.25, 0.3) is 11.3 Å². The molecule has 0 radical (unpaired) electrons. The van der Waals surface area contributed by atoms with Crippen molar-refractivity contribution < 1.29 is 14.7 Å². The summed E-state index contributed by atoms with van der Waals surface area (Å²) in [7, 11) is 0. The molecule has 0 bridgehead atoms. The van der Waals surface area contributed by atoms with Gasteiger partial charge in [-0.15, -0.1) is 11.3 Å². The highest BCUT2D eigenvalue weighted by molar-refractivity contribution is 7.12. The van der Waals surface area contributed by atoms with Crippen LogP contribution >= 0.6 is 11.3 Å². The van der Waals surface area contributed by atoms with Gasteiger partial charge in [-0.1, -0.05) is 35.9 Å². The Kier molecular flexibility index (Phi) is 5.90. The lowest BCUT2D eigenvalue weighted by atomic mass is 10.1. The number of benzene rings is 2. The molecule has 0 spiro atoms. The summed E-state index contributed by atoms with van der Waals surface area (Å²) in [6, 6.07) is 17.9. The number of phenolic OH excluding ortho intramolecular Hbond substituents is 1. The molecule has 7 nitrogen and oxygen atoms in total. The number of phenols is 1. The number of nitrogens with zero attached hydrogens (tertiary/aromatic N) is 2. The van der Waals surface area contributed by atoms with Crippen molar-refractivity contribution in [2.75, 3.05) is 5.32 Å². The Labute approximate surface area is 201 Å². The molecule has 1 aliphatic rings. The Morgan fingerprint density at radius 3 is 2.62 bits per heavy atom. The van der Waals surface area contributed by atoms with Crippen molar-refractivity contribution in [3.8, 4) is 17.0 Å². The molecular formula is C26H24N4O3S. The molecule has 0 atom stereocenters. The largest absolute Gasteiger partial charge is 0.507 e. The van der Waals surface area contributed by atoms with E-state index in [9.17, 15) is 14.7 Å². The lowest BCUT2D eigenvalue weighted by Crippen LogP contribution is -2.30. The standard InChI is InChI=1S/C26H24N4O3S/c1-16-4-6-17(7-5-16)15-27-26(33)30-22(18-8-9-18)14-21(29-30)20-13-19(10-11-23(20)31)28-25(32)24-3-2-12-34-24/h2-7,10-14,18,31H,8-9,15H2,1H3,(H,27,33)(H,28,32). The van der Waals surface area contributed by atoms with Crippen LogP contribution in [0.4, 0.5) is 10.5 Å². The van der Waals surface area contributed by atoms with E-state index >= 15 is 0 Å². The number of thiophene rings is 1. The van der Waals surface area contributed by atoms with Gasteiger partial charge in [0.05, 0.1) is 16.3 Å². The normalized spacial score (nSPS) is 13.0. The van der Waals surface area contributed by atoms with Crippen LogP contribution in [0.2, 0.25) is 0 Å². The van der Waals surface area contributed by atoms with Crippen LogP contribution in [0.1, 0.15) is 45.3 Å². The topological polar surface area (TPSA) is 96.3 Å². The fraction of sp³-hybridized carbons (Fsp3) is 0.192. The van der Waals surface area contributed by atoms with Gasteiger partial charge < -0.3 is 15.7 Å². The minimum absolute atomic E-state index is 0.0289. The average molecular weight is 473 g/mol. The van der Waals surface area contributed by atoms with E-state index in [0.29, 0.717) is 28.4 Å². The Hall–Kier alpha value is -3.91. The van der Waals surface area contributed by atoms with Crippen molar-refractivity contribution >= 4 is 29.0 Å². The van der Waals surface area contributed by atoms with Crippen molar-refractivity contribution in [1.82, 2.24) is 15.1 Å². The molecule has 1 fully saturated rings. The zero-order valence-corrected chi connectivity index (χ0v) is 19.4. The third-order valence-electron chi connectivity index (χ3n) is 5.76. The molecule has 1 saturated carbocycles. The third-order valence-corrected chi connectivity index (χ3v) is 6.63.